The van der Waals surface area contributed by atoms with Crippen molar-refractivity contribution in [1.29, 1.82) is 5.26 Å². The van der Waals surface area contributed by atoms with Crippen molar-refractivity contribution in [3.8, 4) is 17.2 Å². The maximum Gasteiger partial charge on any atom is 0.488 e. The van der Waals surface area contributed by atoms with E-state index in [-0.39, 0.29) is 0 Å². The Morgan fingerprint density at radius 1 is 1.14 bits per heavy atom. The summed E-state index contributed by atoms with van der Waals surface area (Å²) in [6.07, 6.45) is 3.59. The highest BCUT2D eigenvalue weighted by Crippen LogP contribution is 2.37. The highest BCUT2D eigenvalue weighted by Gasteiger charge is 2.27. The van der Waals surface area contributed by atoms with Crippen LogP contribution in [0.15, 0.2) is 48.8 Å². The van der Waals surface area contributed by atoms with Crippen molar-refractivity contribution >= 4 is 18.3 Å². The number of aryl methyl sites for hydroxylation is 1. The molecule has 1 aromatic heterocycles. The number of anilines is 1. The van der Waals surface area contributed by atoms with Gasteiger partial charge in [0.05, 0.1) is 11.3 Å². The van der Waals surface area contributed by atoms with Crippen LogP contribution in [0.2, 0.25) is 0 Å². The van der Waals surface area contributed by atoms with E-state index in [9.17, 15) is 15.3 Å². The number of hydrogen-bond donors (Lipinski definition) is 2. The number of hydrogen-bond acceptors (Lipinski definition) is 6. The van der Waals surface area contributed by atoms with Gasteiger partial charge in [0.2, 0.25) is 0 Å². The molecule has 0 saturated carbocycles. The van der Waals surface area contributed by atoms with Crippen molar-refractivity contribution in [2.75, 3.05) is 18.0 Å². The van der Waals surface area contributed by atoms with Gasteiger partial charge >= 0.3 is 7.12 Å². The second kappa shape index (κ2) is 8.07. The summed E-state index contributed by atoms with van der Waals surface area (Å²) in [4.78, 5) is 2.25. The minimum Gasteiger partial charge on any atom is -0.423 e. The van der Waals surface area contributed by atoms with Crippen molar-refractivity contribution in [1.82, 2.24) is 14.8 Å². The Kier molecular flexibility index (Phi) is 5.34. The molecule has 8 heteroatoms. The van der Waals surface area contributed by atoms with Crippen LogP contribution in [0.25, 0.3) is 11.1 Å². The minimum atomic E-state index is -1.53. The largest absolute Gasteiger partial charge is 0.488 e. The summed E-state index contributed by atoms with van der Waals surface area (Å²) in [5.41, 5.74) is 3.73. The van der Waals surface area contributed by atoms with Crippen molar-refractivity contribution in [2.24, 2.45) is 7.05 Å². The van der Waals surface area contributed by atoms with Gasteiger partial charge in [-0.15, -0.1) is 10.2 Å². The summed E-state index contributed by atoms with van der Waals surface area (Å²) < 4.78 is 1.97. The first-order chi connectivity index (χ1) is 14.1. The lowest BCUT2D eigenvalue weighted by molar-refractivity contribution is 0.426. The second-order valence-electron chi connectivity index (χ2n) is 7.37. The number of aromatic nitrogens is 3. The standard InChI is InChI=1S/C21H22BN5O2/c1-26-14-24-25-21(26)15-8-10-27(11-9-15)20-17(13-23)5-3-7-19(20)16-4-2-6-18(12-16)22(28)29/h2-7,12,14-15,28-29H,8-11H2,1H3. The van der Waals surface area contributed by atoms with Gasteiger partial charge in [-0.25, -0.2) is 0 Å². The Morgan fingerprint density at radius 3 is 2.55 bits per heavy atom. The average Bonchev–Trinajstić information content (AvgIpc) is 3.19. The molecule has 29 heavy (non-hydrogen) atoms. The molecule has 1 saturated heterocycles. The van der Waals surface area contributed by atoms with Crippen LogP contribution in [0.5, 0.6) is 0 Å². The Morgan fingerprint density at radius 2 is 1.90 bits per heavy atom. The molecule has 1 aliphatic heterocycles. The van der Waals surface area contributed by atoms with Gasteiger partial charge in [0.25, 0.3) is 0 Å². The number of rotatable bonds is 4. The smallest absolute Gasteiger partial charge is 0.423 e. The van der Waals surface area contributed by atoms with E-state index in [0.29, 0.717) is 16.9 Å². The van der Waals surface area contributed by atoms with Crippen LogP contribution in [0.4, 0.5) is 5.69 Å². The summed E-state index contributed by atoms with van der Waals surface area (Å²) in [6, 6.07) is 15.2. The van der Waals surface area contributed by atoms with E-state index in [0.717, 1.165) is 48.6 Å². The molecular formula is C21H22BN5O2. The van der Waals surface area contributed by atoms with Gasteiger partial charge in [-0.3, -0.25) is 0 Å². The highest BCUT2D eigenvalue weighted by atomic mass is 16.4. The number of benzene rings is 2. The van der Waals surface area contributed by atoms with Gasteiger partial charge < -0.3 is 19.5 Å². The molecule has 1 fully saturated rings. The molecule has 0 aliphatic carbocycles. The number of para-hydroxylation sites is 1. The van der Waals surface area contributed by atoms with E-state index in [4.69, 9.17) is 0 Å². The third kappa shape index (κ3) is 3.75. The molecule has 0 unspecified atom stereocenters. The number of nitrogens with zero attached hydrogens (tertiary/aromatic N) is 5. The number of piperidine rings is 1. The second-order valence-corrected chi connectivity index (χ2v) is 7.37. The molecule has 146 valence electrons. The van der Waals surface area contributed by atoms with Gasteiger partial charge in [0.15, 0.2) is 0 Å². The van der Waals surface area contributed by atoms with Crippen molar-refractivity contribution < 1.29 is 10.0 Å². The predicted molar refractivity (Wildman–Crippen MR) is 112 cm³/mol. The molecule has 2 heterocycles. The molecule has 0 spiro atoms. The summed E-state index contributed by atoms with van der Waals surface area (Å²) in [5, 5.41) is 37.0. The topological polar surface area (TPSA) is 98.2 Å². The van der Waals surface area contributed by atoms with Crippen molar-refractivity contribution in [3.63, 3.8) is 0 Å². The van der Waals surface area contributed by atoms with Crippen LogP contribution >= 0.6 is 0 Å². The summed E-state index contributed by atoms with van der Waals surface area (Å²) >= 11 is 0. The molecule has 2 N–H and O–H groups in total. The van der Waals surface area contributed by atoms with Crippen LogP contribution in [0.1, 0.15) is 30.1 Å². The fourth-order valence-corrected chi connectivity index (χ4v) is 4.10. The molecule has 0 amide bonds. The lowest BCUT2D eigenvalue weighted by Crippen LogP contribution is -2.34. The predicted octanol–water partition coefficient (Wildman–Crippen LogP) is 1.42. The first-order valence-corrected chi connectivity index (χ1v) is 9.67. The Balaban J connectivity index is 1.67. The van der Waals surface area contributed by atoms with E-state index in [1.165, 1.54) is 0 Å². The average molecular weight is 387 g/mol. The molecule has 0 radical (unpaired) electrons. The SMILES string of the molecule is Cn1cnnc1C1CCN(c2c(C#N)cccc2-c2cccc(B(O)O)c2)CC1. The molecule has 0 bridgehead atoms. The van der Waals surface area contributed by atoms with Gasteiger partial charge in [-0.05, 0) is 29.9 Å². The molecule has 7 nitrogen and oxygen atoms in total. The molecule has 1 aliphatic rings. The van der Waals surface area contributed by atoms with E-state index >= 15 is 0 Å². The lowest BCUT2D eigenvalue weighted by Gasteiger charge is -2.35. The molecule has 0 atom stereocenters. The van der Waals surface area contributed by atoms with Gasteiger partial charge in [0, 0.05) is 31.6 Å². The van der Waals surface area contributed by atoms with Gasteiger partial charge in [-0.1, -0.05) is 36.4 Å². The van der Waals surface area contributed by atoms with E-state index in [1.807, 2.05) is 35.9 Å². The lowest BCUT2D eigenvalue weighted by atomic mass is 9.79. The van der Waals surface area contributed by atoms with E-state index in [1.54, 1.807) is 24.5 Å². The summed E-state index contributed by atoms with van der Waals surface area (Å²) in [7, 11) is 0.438. The monoisotopic (exact) mass is 387 g/mol. The highest BCUT2D eigenvalue weighted by molar-refractivity contribution is 6.58. The maximum absolute atomic E-state index is 9.72. The minimum absolute atomic E-state index is 0.351. The summed E-state index contributed by atoms with van der Waals surface area (Å²) in [6.45, 7) is 1.62. The quantitative estimate of drug-likeness (QED) is 0.657. The zero-order chi connectivity index (χ0) is 20.4. The van der Waals surface area contributed by atoms with Crippen LogP contribution < -0.4 is 10.4 Å². The van der Waals surface area contributed by atoms with Crippen molar-refractivity contribution in [3.05, 3.63) is 60.2 Å². The van der Waals surface area contributed by atoms with E-state index < -0.39 is 7.12 Å². The van der Waals surface area contributed by atoms with Gasteiger partial charge in [0.1, 0.15) is 18.2 Å². The van der Waals surface area contributed by atoms with Crippen LogP contribution in [0, 0.1) is 11.3 Å². The zero-order valence-corrected chi connectivity index (χ0v) is 16.2. The molecular weight excluding hydrogens is 365 g/mol. The Hall–Kier alpha value is -3.15. The van der Waals surface area contributed by atoms with Crippen LogP contribution in [-0.4, -0.2) is 45.0 Å². The summed E-state index contributed by atoms with van der Waals surface area (Å²) in [5.74, 6) is 1.35. The molecule has 3 aromatic rings. The first-order valence-electron chi connectivity index (χ1n) is 9.67. The third-order valence-corrected chi connectivity index (χ3v) is 5.57. The maximum atomic E-state index is 9.72. The molecule has 4 rings (SSSR count). The third-order valence-electron chi connectivity index (χ3n) is 5.57. The Labute approximate surface area is 170 Å². The fourth-order valence-electron chi connectivity index (χ4n) is 4.10. The fraction of sp³-hybridized carbons (Fsp3) is 0.286. The van der Waals surface area contributed by atoms with Gasteiger partial charge in [-0.2, -0.15) is 5.26 Å². The van der Waals surface area contributed by atoms with E-state index in [2.05, 4.69) is 21.2 Å². The Bertz CT molecular complexity index is 1050. The number of nitriles is 1. The first kappa shape index (κ1) is 19.2. The van der Waals surface area contributed by atoms with Crippen LogP contribution in [0.3, 0.4) is 0 Å². The normalized spacial score (nSPS) is 14.6. The molecule has 2 aromatic carbocycles. The van der Waals surface area contributed by atoms with Crippen molar-refractivity contribution in [2.45, 2.75) is 18.8 Å². The van der Waals surface area contributed by atoms with Crippen LogP contribution in [-0.2, 0) is 7.05 Å². The zero-order valence-electron chi connectivity index (χ0n) is 16.2.